The molecule has 2 nitrogen and oxygen atoms in total. The number of benzene rings is 1. The molecule has 0 aliphatic rings. The maximum atomic E-state index is 5.73. The number of nitrogen functional groups attached to an aromatic ring is 1. The van der Waals surface area contributed by atoms with Crippen LogP contribution in [0.2, 0.25) is 0 Å². The maximum absolute atomic E-state index is 5.73. The third-order valence-corrected chi connectivity index (χ3v) is 1.74. The first-order valence-corrected chi connectivity index (χ1v) is 3.71. The molecule has 0 aromatic heterocycles. The molecule has 0 atom stereocenters. The van der Waals surface area contributed by atoms with Gasteiger partial charge in [0.05, 0.1) is 7.11 Å². The summed E-state index contributed by atoms with van der Waals surface area (Å²) >= 11 is 0. The molecule has 0 spiro atoms. The van der Waals surface area contributed by atoms with Crippen molar-refractivity contribution in [3.8, 4) is 5.75 Å². The van der Waals surface area contributed by atoms with Crippen LogP contribution in [0.3, 0.4) is 0 Å². The van der Waals surface area contributed by atoms with E-state index in [4.69, 9.17) is 10.5 Å². The molecular weight excluding hydrogens is 161 g/mol. The Morgan fingerprint density at radius 3 is 2.58 bits per heavy atom. The molecule has 0 aliphatic carbocycles. The number of anilines is 1. The second-order valence-corrected chi connectivity index (χ2v) is 2.38. The zero-order chi connectivity index (χ0) is 8.27. The zero-order valence-electron chi connectivity index (χ0n) is 8.92. The van der Waals surface area contributed by atoms with Crippen LogP contribution in [0.4, 0.5) is 5.69 Å². The van der Waals surface area contributed by atoms with Crippen LogP contribution in [-0.2, 0) is 6.42 Å². The van der Waals surface area contributed by atoms with Crippen molar-refractivity contribution in [2.75, 3.05) is 12.8 Å². The average Bonchev–Trinajstić information content (AvgIpc) is 2.04. The van der Waals surface area contributed by atoms with Crippen molar-refractivity contribution in [3.63, 3.8) is 0 Å². The van der Waals surface area contributed by atoms with Crippen LogP contribution in [0, 0.1) is 0 Å². The van der Waals surface area contributed by atoms with Gasteiger partial charge in [-0.2, -0.15) is 0 Å². The SMILES string of the molecule is CCc1c(N)cccc1OC.[H-].[Na+]. The molecule has 0 unspecified atom stereocenters. The monoisotopic (exact) mass is 175 g/mol. The summed E-state index contributed by atoms with van der Waals surface area (Å²) in [4.78, 5) is 0. The summed E-state index contributed by atoms with van der Waals surface area (Å²) in [5.74, 6) is 0.882. The molecular formula is C9H14NNaO. The fourth-order valence-electron chi connectivity index (χ4n) is 1.15. The number of ether oxygens (including phenoxy) is 1. The van der Waals surface area contributed by atoms with Crippen molar-refractivity contribution in [2.24, 2.45) is 0 Å². The van der Waals surface area contributed by atoms with Gasteiger partial charge in [0.25, 0.3) is 0 Å². The van der Waals surface area contributed by atoms with Crippen molar-refractivity contribution < 1.29 is 35.7 Å². The Morgan fingerprint density at radius 2 is 2.17 bits per heavy atom. The molecule has 12 heavy (non-hydrogen) atoms. The van der Waals surface area contributed by atoms with Gasteiger partial charge in [0.2, 0.25) is 0 Å². The summed E-state index contributed by atoms with van der Waals surface area (Å²) in [6.45, 7) is 2.06. The van der Waals surface area contributed by atoms with Crippen LogP contribution in [0.25, 0.3) is 0 Å². The molecule has 2 N–H and O–H groups in total. The predicted octanol–water partition coefficient (Wildman–Crippen LogP) is -1.04. The van der Waals surface area contributed by atoms with Gasteiger partial charge in [0.15, 0.2) is 0 Å². The van der Waals surface area contributed by atoms with E-state index in [1.54, 1.807) is 7.11 Å². The Morgan fingerprint density at radius 1 is 1.50 bits per heavy atom. The van der Waals surface area contributed by atoms with Crippen LogP contribution < -0.4 is 40.0 Å². The second kappa shape index (κ2) is 5.46. The average molecular weight is 175 g/mol. The number of nitrogens with two attached hydrogens (primary N) is 1. The van der Waals surface area contributed by atoms with E-state index in [2.05, 4.69) is 6.92 Å². The van der Waals surface area contributed by atoms with Crippen molar-refractivity contribution in [3.05, 3.63) is 23.8 Å². The van der Waals surface area contributed by atoms with Crippen LogP contribution in [0.5, 0.6) is 5.75 Å². The van der Waals surface area contributed by atoms with E-state index in [0.717, 1.165) is 23.4 Å². The first kappa shape index (κ1) is 11.8. The smallest absolute Gasteiger partial charge is 1.00 e. The van der Waals surface area contributed by atoms with E-state index in [0.29, 0.717) is 0 Å². The maximum Gasteiger partial charge on any atom is 1.00 e. The van der Waals surface area contributed by atoms with Gasteiger partial charge < -0.3 is 11.9 Å². The summed E-state index contributed by atoms with van der Waals surface area (Å²) in [5, 5.41) is 0. The van der Waals surface area contributed by atoms with E-state index >= 15 is 0 Å². The minimum Gasteiger partial charge on any atom is -1.00 e. The van der Waals surface area contributed by atoms with Crippen molar-refractivity contribution in [2.45, 2.75) is 13.3 Å². The van der Waals surface area contributed by atoms with E-state index in [1.165, 1.54) is 0 Å². The molecule has 62 valence electrons. The fourth-order valence-corrected chi connectivity index (χ4v) is 1.15. The topological polar surface area (TPSA) is 35.2 Å². The number of rotatable bonds is 2. The Hall–Kier alpha value is -0.180. The Kier molecular flexibility index (Phi) is 5.38. The molecule has 3 heteroatoms. The number of hydrogen-bond acceptors (Lipinski definition) is 2. The van der Waals surface area contributed by atoms with Crippen LogP contribution in [-0.4, -0.2) is 7.11 Å². The molecule has 1 aromatic rings. The van der Waals surface area contributed by atoms with Crippen LogP contribution >= 0.6 is 0 Å². The summed E-state index contributed by atoms with van der Waals surface area (Å²) in [6.07, 6.45) is 0.913. The molecule has 0 amide bonds. The molecule has 0 fully saturated rings. The molecule has 0 heterocycles. The summed E-state index contributed by atoms with van der Waals surface area (Å²) < 4.78 is 5.14. The van der Waals surface area contributed by atoms with E-state index in [9.17, 15) is 0 Å². The normalized spacial score (nSPS) is 8.83. The number of methoxy groups -OCH3 is 1. The van der Waals surface area contributed by atoms with Gasteiger partial charge in [-0.3, -0.25) is 0 Å². The van der Waals surface area contributed by atoms with Crippen LogP contribution in [0.15, 0.2) is 18.2 Å². The van der Waals surface area contributed by atoms with Gasteiger partial charge in [-0.25, -0.2) is 0 Å². The van der Waals surface area contributed by atoms with E-state index in [1.807, 2.05) is 18.2 Å². The first-order chi connectivity index (χ1) is 5.29. The third-order valence-electron chi connectivity index (χ3n) is 1.74. The standard InChI is InChI=1S/C9H13NO.Na.H/c1-3-7-8(10)5-4-6-9(7)11-2;;/h4-6H,3,10H2,1-2H3;;/q;+1;-1. The van der Waals surface area contributed by atoms with Gasteiger partial charge in [-0.15, -0.1) is 0 Å². The fraction of sp³-hybridized carbons (Fsp3) is 0.333. The Labute approximate surface area is 96.9 Å². The zero-order valence-corrected chi connectivity index (χ0v) is 9.92. The van der Waals surface area contributed by atoms with Gasteiger partial charge >= 0.3 is 29.6 Å². The molecule has 1 aromatic carbocycles. The third kappa shape index (κ3) is 2.41. The summed E-state index contributed by atoms with van der Waals surface area (Å²) in [5.41, 5.74) is 7.63. The molecule has 0 radical (unpaired) electrons. The first-order valence-electron chi connectivity index (χ1n) is 3.71. The predicted molar refractivity (Wildman–Crippen MR) is 47.9 cm³/mol. The minimum absolute atomic E-state index is 0. The molecule has 0 bridgehead atoms. The van der Waals surface area contributed by atoms with Crippen molar-refractivity contribution in [1.29, 1.82) is 0 Å². The summed E-state index contributed by atoms with van der Waals surface area (Å²) in [6, 6.07) is 5.71. The van der Waals surface area contributed by atoms with Gasteiger partial charge in [-0.05, 0) is 18.6 Å². The van der Waals surface area contributed by atoms with Gasteiger partial charge in [-0.1, -0.05) is 13.0 Å². The largest absolute Gasteiger partial charge is 1.00 e. The Balaban J connectivity index is 0. The van der Waals surface area contributed by atoms with Crippen molar-refractivity contribution >= 4 is 5.69 Å². The molecule has 0 saturated heterocycles. The summed E-state index contributed by atoms with van der Waals surface area (Å²) in [7, 11) is 1.66. The van der Waals surface area contributed by atoms with Crippen LogP contribution in [0.1, 0.15) is 13.9 Å². The van der Waals surface area contributed by atoms with Crippen molar-refractivity contribution in [1.82, 2.24) is 0 Å². The van der Waals surface area contributed by atoms with Gasteiger partial charge in [0.1, 0.15) is 5.75 Å². The minimum atomic E-state index is 0. The second-order valence-electron chi connectivity index (χ2n) is 2.38. The molecule has 1 rings (SSSR count). The number of hydrogen-bond donors (Lipinski definition) is 1. The van der Waals surface area contributed by atoms with E-state index < -0.39 is 0 Å². The quantitative estimate of drug-likeness (QED) is 0.460. The molecule has 0 saturated carbocycles. The van der Waals surface area contributed by atoms with Gasteiger partial charge in [0, 0.05) is 11.3 Å². The Bertz CT molecular complexity index is 255. The van der Waals surface area contributed by atoms with E-state index in [-0.39, 0.29) is 31.0 Å². The molecule has 0 aliphatic heterocycles.